The summed E-state index contributed by atoms with van der Waals surface area (Å²) in [5.74, 6) is 2.36. The highest BCUT2D eigenvalue weighted by Gasteiger charge is 2.54. The summed E-state index contributed by atoms with van der Waals surface area (Å²) in [6.07, 6.45) is 5.45. The maximum Gasteiger partial charge on any atom is 0.240 e. The van der Waals surface area contributed by atoms with Crippen LogP contribution in [0.1, 0.15) is 45.4 Å². The molecule has 114 valence electrons. The molecular weight excluding hydrogens is 272 g/mol. The lowest BCUT2D eigenvalue weighted by molar-refractivity contribution is -0.146. The van der Waals surface area contributed by atoms with Crippen LogP contribution in [0.2, 0.25) is 0 Å². The first-order valence-corrected chi connectivity index (χ1v) is 8.94. The number of carbonyl (C=O) groups is 1. The fraction of sp³-hybridized carbons (Fsp3) is 0.933. The van der Waals surface area contributed by atoms with Gasteiger partial charge in [-0.3, -0.25) is 4.79 Å². The third-order valence-electron chi connectivity index (χ3n) is 5.47. The van der Waals surface area contributed by atoms with Gasteiger partial charge in [-0.1, -0.05) is 6.92 Å². The van der Waals surface area contributed by atoms with Gasteiger partial charge in [0.2, 0.25) is 5.91 Å². The van der Waals surface area contributed by atoms with Crippen LogP contribution in [-0.4, -0.2) is 45.7 Å². The van der Waals surface area contributed by atoms with Crippen LogP contribution in [0.4, 0.5) is 0 Å². The molecule has 3 aliphatic rings. The normalized spacial score (nSPS) is 42.5. The smallest absolute Gasteiger partial charge is 0.240 e. The summed E-state index contributed by atoms with van der Waals surface area (Å²) in [6.45, 7) is 3.01. The molecule has 20 heavy (non-hydrogen) atoms. The molecule has 0 radical (unpaired) electrons. The van der Waals surface area contributed by atoms with Crippen molar-refractivity contribution in [3.8, 4) is 0 Å². The zero-order valence-electron chi connectivity index (χ0n) is 12.3. The lowest BCUT2D eigenvalue weighted by Crippen LogP contribution is -2.60. The molecule has 3 fully saturated rings. The summed E-state index contributed by atoms with van der Waals surface area (Å²) >= 11 is 1.80. The van der Waals surface area contributed by atoms with Gasteiger partial charge in [-0.25, -0.2) is 0 Å². The molecule has 1 saturated heterocycles. The highest BCUT2D eigenvalue weighted by atomic mass is 32.2. The van der Waals surface area contributed by atoms with Crippen LogP contribution < -0.4 is 5.73 Å². The predicted molar refractivity (Wildman–Crippen MR) is 81.3 cm³/mol. The summed E-state index contributed by atoms with van der Waals surface area (Å²) in [4.78, 5) is 14.6. The Morgan fingerprint density at radius 3 is 2.95 bits per heavy atom. The first-order chi connectivity index (χ1) is 9.44. The van der Waals surface area contributed by atoms with Crippen molar-refractivity contribution in [3.63, 3.8) is 0 Å². The van der Waals surface area contributed by atoms with Crippen molar-refractivity contribution in [2.75, 3.05) is 18.2 Å². The number of hydrogen-bond donors (Lipinski definition) is 2. The van der Waals surface area contributed by atoms with Crippen LogP contribution in [-0.2, 0) is 4.79 Å². The van der Waals surface area contributed by atoms with E-state index in [1.807, 2.05) is 4.90 Å². The molecule has 1 aliphatic heterocycles. The standard InChI is InChI=1S/C15H26N2O2S/c1-11-7-14(3-2-4-15(19,8-11)9-14)12(16)13(18)17-5-6-20-10-17/h11-12,19H,2-10,16H2,1H3/t11?,12-,14?,15?/m1/s1. The van der Waals surface area contributed by atoms with E-state index in [1.165, 1.54) is 0 Å². The van der Waals surface area contributed by atoms with Crippen LogP contribution in [0.15, 0.2) is 0 Å². The van der Waals surface area contributed by atoms with Crippen molar-refractivity contribution in [2.45, 2.75) is 57.1 Å². The van der Waals surface area contributed by atoms with Crippen molar-refractivity contribution in [1.29, 1.82) is 0 Å². The molecule has 3 rings (SSSR count). The molecular formula is C15H26N2O2S. The van der Waals surface area contributed by atoms with Crippen LogP contribution in [0.25, 0.3) is 0 Å². The summed E-state index contributed by atoms with van der Waals surface area (Å²) in [6, 6.07) is -0.434. The van der Waals surface area contributed by atoms with E-state index in [4.69, 9.17) is 5.73 Å². The van der Waals surface area contributed by atoms with Crippen molar-refractivity contribution in [3.05, 3.63) is 0 Å². The number of carbonyl (C=O) groups excluding carboxylic acids is 1. The Hall–Kier alpha value is -0.260. The molecule has 3 N–H and O–H groups in total. The first-order valence-electron chi connectivity index (χ1n) is 7.79. The number of nitrogens with zero attached hydrogens (tertiary/aromatic N) is 1. The van der Waals surface area contributed by atoms with E-state index >= 15 is 0 Å². The minimum absolute atomic E-state index is 0.105. The molecule has 2 saturated carbocycles. The number of thioether (sulfide) groups is 1. The molecule has 0 spiro atoms. The summed E-state index contributed by atoms with van der Waals surface area (Å²) in [5, 5.41) is 10.7. The lowest BCUT2D eigenvalue weighted by Gasteiger charge is -2.54. The SMILES string of the molecule is CC1CC2(O)CCCC([C@H](N)C(=O)N3CCSC3)(C1)C2. The number of rotatable bonds is 2. The van der Waals surface area contributed by atoms with Crippen LogP contribution in [0.5, 0.6) is 0 Å². The number of hydrogen-bond acceptors (Lipinski definition) is 4. The fourth-order valence-corrected chi connectivity index (χ4v) is 5.76. The molecule has 1 amide bonds. The Labute approximate surface area is 125 Å². The van der Waals surface area contributed by atoms with Gasteiger partial charge in [-0.15, -0.1) is 11.8 Å². The third-order valence-corrected chi connectivity index (χ3v) is 6.44. The minimum atomic E-state index is -0.576. The van der Waals surface area contributed by atoms with E-state index in [2.05, 4.69) is 6.92 Å². The number of amides is 1. The number of aliphatic hydroxyl groups is 1. The average Bonchev–Trinajstić information content (AvgIpc) is 2.88. The molecule has 1 heterocycles. The topological polar surface area (TPSA) is 66.6 Å². The van der Waals surface area contributed by atoms with E-state index in [-0.39, 0.29) is 11.3 Å². The van der Waals surface area contributed by atoms with Gasteiger partial charge < -0.3 is 15.7 Å². The molecule has 0 aromatic carbocycles. The monoisotopic (exact) mass is 298 g/mol. The van der Waals surface area contributed by atoms with E-state index in [1.54, 1.807) is 11.8 Å². The largest absolute Gasteiger partial charge is 0.390 e. The predicted octanol–water partition coefficient (Wildman–Crippen LogP) is 1.57. The van der Waals surface area contributed by atoms with Crippen LogP contribution in [0.3, 0.4) is 0 Å². The Morgan fingerprint density at radius 1 is 1.45 bits per heavy atom. The van der Waals surface area contributed by atoms with Gasteiger partial charge >= 0.3 is 0 Å². The zero-order chi connectivity index (χ0) is 14.4. The maximum atomic E-state index is 12.7. The average molecular weight is 298 g/mol. The van der Waals surface area contributed by atoms with Gasteiger partial charge in [0.05, 0.1) is 17.5 Å². The lowest BCUT2D eigenvalue weighted by atomic mass is 9.54. The zero-order valence-corrected chi connectivity index (χ0v) is 13.1. The van der Waals surface area contributed by atoms with E-state index in [9.17, 15) is 9.90 Å². The summed E-state index contributed by atoms with van der Waals surface area (Å²) < 4.78 is 0. The maximum absolute atomic E-state index is 12.7. The Kier molecular flexibility index (Phi) is 3.80. The Morgan fingerprint density at radius 2 is 2.25 bits per heavy atom. The third kappa shape index (κ3) is 2.48. The second-order valence-corrected chi connectivity index (χ2v) is 8.32. The second kappa shape index (κ2) is 5.18. The molecule has 2 aliphatic carbocycles. The molecule has 0 aromatic rings. The number of nitrogens with two attached hydrogens (primary N) is 1. The van der Waals surface area contributed by atoms with Crippen molar-refractivity contribution in [2.24, 2.45) is 17.1 Å². The fourth-order valence-electron chi connectivity index (χ4n) is 4.80. The van der Waals surface area contributed by atoms with Crippen molar-refractivity contribution in [1.82, 2.24) is 4.90 Å². The van der Waals surface area contributed by atoms with E-state index < -0.39 is 11.6 Å². The quantitative estimate of drug-likeness (QED) is 0.812. The van der Waals surface area contributed by atoms with Crippen LogP contribution in [0, 0.1) is 11.3 Å². The minimum Gasteiger partial charge on any atom is -0.390 e. The molecule has 0 aromatic heterocycles. The first kappa shape index (κ1) is 14.7. The highest BCUT2D eigenvalue weighted by Crippen LogP contribution is 2.54. The molecule has 2 bridgehead atoms. The van der Waals surface area contributed by atoms with Gasteiger partial charge in [-0.2, -0.15) is 0 Å². The van der Waals surface area contributed by atoms with E-state index in [0.717, 1.165) is 56.7 Å². The van der Waals surface area contributed by atoms with E-state index in [0.29, 0.717) is 5.92 Å². The van der Waals surface area contributed by atoms with Crippen LogP contribution >= 0.6 is 11.8 Å². The molecule has 4 nitrogen and oxygen atoms in total. The summed E-state index contributed by atoms with van der Waals surface area (Å²) in [5.41, 5.74) is 5.68. The van der Waals surface area contributed by atoms with Gasteiger partial charge in [0.25, 0.3) is 0 Å². The van der Waals surface area contributed by atoms with Gasteiger partial charge in [0.1, 0.15) is 0 Å². The second-order valence-electron chi connectivity index (χ2n) is 7.25. The van der Waals surface area contributed by atoms with Crippen molar-refractivity contribution < 1.29 is 9.90 Å². The van der Waals surface area contributed by atoms with Gasteiger partial charge in [0.15, 0.2) is 0 Å². The molecule has 4 atom stereocenters. The Balaban J connectivity index is 1.80. The number of fused-ring (bicyclic) bond motifs is 2. The Bertz CT molecular complexity index is 399. The molecule has 5 heteroatoms. The highest BCUT2D eigenvalue weighted by molar-refractivity contribution is 7.99. The molecule has 3 unspecified atom stereocenters. The summed E-state index contributed by atoms with van der Waals surface area (Å²) in [7, 11) is 0. The van der Waals surface area contributed by atoms with Gasteiger partial charge in [-0.05, 0) is 49.9 Å². The van der Waals surface area contributed by atoms with Gasteiger partial charge in [0, 0.05) is 12.3 Å². The van der Waals surface area contributed by atoms with Crippen molar-refractivity contribution >= 4 is 17.7 Å².